The molecule has 4 aromatic carbocycles. The second-order valence-corrected chi connectivity index (χ2v) is 9.54. The third-order valence-electron chi connectivity index (χ3n) is 7.29. The summed E-state index contributed by atoms with van der Waals surface area (Å²) in [7, 11) is 3.19. The monoisotopic (exact) mass is 529 g/mol. The molecular weight excluding hydrogens is 500 g/mol. The lowest BCUT2D eigenvalue weighted by molar-refractivity contribution is -0.131. The lowest BCUT2D eigenvalue weighted by Crippen LogP contribution is -2.55. The van der Waals surface area contributed by atoms with Crippen molar-refractivity contribution in [3.8, 4) is 22.6 Å². The number of β-lactam (4-membered cyclic amide) rings is 1. The number of methoxy groups -OCH3 is 2. The topological polar surface area (TPSA) is 59.0 Å². The lowest BCUT2D eigenvalue weighted by Gasteiger charge is -2.48. The maximum absolute atomic E-state index is 13.6. The highest BCUT2D eigenvalue weighted by Gasteiger charge is 2.48. The maximum atomic E-state index is 13.6. The van der Waals surface area contributed by atoms with Crippen molar-refractivity contribution in [2.75, 3.05) is 19.1 Å². The third kappa shape index (κ3) is 5.22. The van der Waals surface area contributed by atoms with E-state index in [1.807, 2.05) is 42.5 Å². The molecule has 0 spiro atoms. The highest BCUT2D eigenvalue weighted by atomic mass is 19.1. The van der Waals surface area contributed by atoms with Gasteiger partial charge in [0.1, 0.15) is 11.6 Å². The average molecular weight is 530 g/mol. The molecule has 200 valence electrons. The predicted octanol–water partition coefficient (Wildman–Crippen LogP) is 6.87. The number of carbonyl (C=O) groups excluding carboxylic acids is 1. The molecule has 1 fully saturated rings. The number of aliphatic hydroxyl groups is 1. The molecule has 5 rings (SSSR count). The predicted molar refractivity (Wildman–Crippen MR) is 146 cm³/mol. The summed E-state index contributed by atoms with van der Waals surface area (Å²) in [6, 6.07) is 24.9. The Kier molecular flexibility index (Phi) is 7.61. The van der Waals surface area contributed by atoms with Gasteiger partial charge in [0, 0.05) is 11.3 Å². The van der Waals surface area contributed by atoms with Gasteiger partial charge in [-0.3, -0.25) is 4.79 Å². The Morgan fingerprint density at radius 1 is 0.846 bits per heavy atom. The summed E-state index contributed by atoms with van der Waals surface area (Å²) in [5.74, 6) is 0.0564. The van der Waals surface area contributed by atoms with Crippen molar-refractivity contribution in [2.45, 2.75) is 25.0 Å². The minimum atomic E-state index is -0.818. The smallest absolute Gasteiger partial charge is 0.233 e. The van der Waals surface area contributed by atoms with E-state index < -0.39 is 6.10 Å². The fraction of sp³-hybridized carbons (Fsp3) is 0.219. The number of halogens is 2. The average Bonchev–Trinajstić information content (AvgIpc) is 2.96. The molecule has 4 aromatic rings. The molecule has 0 saturated carbocycles. The lowest BCUT2D eigenvalue weighted by atomic mass is 9.78. The molecule has 0 aromatic heterocycles. The highest BCUT2D eigenvalue weighted by Crippen LogP contribution is 2.47. The number of benzene rings is 4. The van der Waals surface area contributed by atoms with E-state index in [9.17, 15) is 18.7 Å². The number of anilines is 1. The molecule has 1 amide bonds. The van der Waals surface area contributed by atoms with Gasteiger partial charge in [-0.25, -0.2) is 8.78 Å². The molecular formula is C32H29F2NO4. The van der Waals surface area contributed by atoms with E-state index >= 15 is 0 Å². The summed E-state index contributed by atoms with van der Waals surface area (Å²) in [5, 5.41) is 10.7. The van der Waals surface area contributed by atoms with E-state index in [-0.39, 0.29) is 29.5 Å². The van der Waals surface area contributed by atoms with E-state index in [1.54, 1.807) is 43.4 Å². The van der Waals surface area contributed by atoms with Gasteiger partial charge in [0.25, 0.3) is 0 Å². The van der Waals surface area contributed by atoms with Crippen LogP contribution in [0.3, 0.4) is 0 Å². The van der Waals surface area contributed by atoms with Crippen LogP contribution in [0.4, 0.5) is 14.5 Å². The Bertz CT molecular complexity index is 1440. The summed E-state index contributed by atoms with van der Waals surface area (Å²) in [6.07, 6.45) is -0.0399. The SMILES string of the molecule is COc1cccc(-c2ccc([C@@H]3[C@@H](CCC(O)c4ccc(F)cc4)C(=O)N3c3ccc(F)cc3)cc2)c1OC. The molecule has 1 aliphatic rings. The summed E-state index contributed by atoms with van der Waals surface area (Å²) in [4.78, 5) is 15.0. The fourth-order valence-corrected chi connectivity index (χ4v) is 5.26. The van der Waals surface area contributed by atoms with Crippen molar-refractivity contribution in [1.29, 1.82) is 0 Å². The Balaban J connectivity index is 1.42. The van der Waals surface area contributed by atoms with Crippen molar-refractivity contribution in [1.82, 2.24) is 0 Å². The van der Waals surface area contributed by atoms with Crippen molar-refractivity contribution in [2.24, 2.45) is 5.92 Å². The number of hydrogen-bond donors (Lipinski definition) is 1. The molecule has 0 aliphatic carbocycles. The van der Waals surface area contributed by atoms with Crippen LogP contribution in [-0.4, -0.2) is 25.2 Å². The van der Waals surface area contributed by atoms with Crippen LogP contribution in [0, 0.1) is 17.6 Å². The second kappa shape index (κ2) is 11.3. The Morgan fingerprint density at radius 2 is 1.49 bits per heavy atom. The minimum absolute atomic E-state index is 0.0866. The van der Waals surface area contributed by atoms with Gasteiger partial charge in [-0.15, -0.1) is 0 Å². The van der Waals surface area contributed by atoms with Gasteiger partial charge in [-0.2, -0.15) is 0 Å². The first-order valence-electron chi connectivity index (χ1n) is 12.7. The fourth-order valence-electron chi connectivity index (χ4n) is 5.26. The van der Waals surface area contributed by atoms with Crippen LogP contribution in [0.5, 0.6) is 11.5 Å². The summed E-state index contributed by atoms with van der Waals surface area (Å²) in [5.41, 5.74) is 3.94. The molecule has 1 saturated heterocycles. The highest BCUT2D eigenvalue weighted by molar-refractivity contribution is 6.03. The van der Waals surface area contributed by atoms with Crippen LogP contribution in [0.2, 0.25) is 0 Å². The maximum Gasteiger partial charge on any atom is 0.233 e. The van der Waals surface area contributed by atoms with Gasteiger partial charge >= 0.3 is 0 Å². The van der Waals surface area contributed by atoms with E-state index in [1.165, 1.54) is 24.3 Å². The van der Waals surface area contributed by atoms with E-state index in [0.29, 0.717) is 35.6 Å². The first-order valence-corrected chi connectivity index (χ1v) is 12.7. The number of nitrogens with zero attached hydrogens (tertiary/aromatic N) is 1. The molecule has 3 atom stereocenters. The summed E-state index contributed by atoms with van der Waals surface area (Å²) in [6.45, 7) is 0. The Hall–Kier alpha value is -4.23. The van der Waals surface area contributed by atoms with Gasteiger partial charge in [-0.1, -0.05) is 48.5 Å². The van der Waals surface area contributed by atoms with Crippen LogP contribution in [0.1, 0.15) is 36.1 Å². The molecule has 0 bridgehead atoms. The minimum Gasteiger partial charge on any atom is -0.493 e. The van der Waals surface area contributed by atoms with Crippen molar-refractivity contribution in [3.63, 3.8) is 0 Å². The number of carbonyl (C=O) groups is 1. The van der Waals surface area contributed by atoms with Gasteiger partial charge in [0.05, 0.1) is 32.3 Å². The normalized spacial score (nSPS) is 17.5. The largest absolute Gasteiger partial charge is 0.493 e. The number of hydrogen-bond acceptors (Lipinski definition) is 4. The van der Waals surface area contributed by atoms with Gasteiger partial charge < -0.3 is 19.5 Å². The second-order valence-electron chi connectivity index (χ2n) is 9.54. The van der Waals surface area contributed by atoms with Crippen LogP contribution >= 0.6 is 0 Å². The van der Waals surface area contributed by atoms with Gasteiger partial charge in [0.15, 0.2) is 11.5 Å². The third-order valence-corrected chi connectivity index (χ3v) is 7.29. The molecule has 7 heteroatoms. The standard InChI is InChI=1S/C32H29F2NO4/c1-38-29-5-3-4-26(31(29)39-2)20-6-8-22(9-7-20)30-27(18-19-28(36)21-10-12-23(33)13-11-21)32(37)35(30)25-16-14-24(34)15-17-25/h3-17,27-28,30,36H,18-19H2,1-2H3/t27-,28?,30-/m1/s1. The zero-order valence-electron chi connectivity index (χ0n) is 21.7. The van der Waals surface area contributed by atoms with Crippen LogP contribution in [0.25, 0.3) is 11.1 Å². The summed E-state index contributed by atoms with van der Waals surface area (Å²) < 4.78 is 37.9. The number of ether oxygens (including phenoxy) is 2. The molecule has 5 nitrogen and oxygen atoms in total. The number of para-hydroxylation sites is 1. The first kappa shape index (κ1) is 26.4. The molecule has 1 heterocycles. The van der Waals surface area contributed by atoms with E-state index in [0.717, 1.165) is 16.7 Å². The number of aliphatic hydroxyl groups excluding tert-OH is 1. The number of rotatable bonds is 9. The zero-order valence-corrected chi connectivity index (χ0v) is 21.7. The van der Waals surface area contributed by atoms with E-state index in [2.05, 4.69) is 0 Å². The molecule has 1 unspecified atom stereocenters. The van der Waals surface area contributed by atoms with Crippen LogP contribution < -0.4 is 14.4 Å². The molecule has 39 heavy (non-hydrogen) atoms. The number of amides is 1. The summed E-state index contributed by atoms with van der Waals surface area (Å²) >= 11 is 0. The van der Waals surface area contributed by atoms with Crippen molar-refractivity contribution < 1.29 is 28.2 Å². The molecule has 1 N–H and O–H groups in total. The van der Waals surface area contributed by atoms with Crippen LogP contribution in [0.15, 0.2) is 91.0 Å². The Labute approximate surface area is 226 Å². The van der Waals surface area contributed by atoms with Crippen molar-refractivity contribution >= 4 is 11.6 Å². The Morgan fingerprint density at radius 3 is 2.10 bits per heavy atom. The quantitative estimate of drug-likeness (QED) is 0.241. The molecule has 0 radical (unpaired) electrons. The van der Waals surface area contributed by atoms with E-state index in [4.69, 9.17) is 9.47 Å². The zero-order chi connectivity index (χ0) is 27.5. The van der Waals surface area contributed by atoms with Crippen LogP contribution in [-0.2, 0) is 4.79 Å². The first-order chi connectivity index (χ1) is 18.9. The molecule has 1 aliphatic heterocycles. The van der Waals surface area contributed by atoms with Gasteiger partial charge in [0.2, 0.25) is 5.91 Å². The van der Waals surface area contributed by atoms with Gasteiger partial charge in [-0.05, 0) is 72.0 Å². The van der Waals surface area contributed by atoms with Crippen molar-refractivity contribution in [3.05, 3.63) is 114 Å².